The van der Waals surface area contributed by atoms with Crippen molar-refractivity contribution in [3.05, 3.63) is 100 Å². The predicted octanol–water partition coefficient (Wildman–Crippen LogP) is 6.28. The Morgan fingerprint density at radius 3 is 0.682 bits per heavy atom. The van der Waals surface area contributed by atoms with Crippen LogP contribution in [0.3, 0.4) is 0 Å². The first-order valence-corrected chi connectivity index (χ1v) is 13.1. The Morgan fingerprint density at radius 2 is 0.500 bits per heavy atom. The molecule has 0 fully saturated rings. The summed E-state index contributed by atoms with van der Waals surface area (Å²) in [5, 5.41) is 19.4. The van der Waals surface area contributed by atoms with Crippen LogP contribution < -0.4 is 0 Å². The van der Waals surface area contributed by atoms with Crippen LogP contribution in [-0.2, 0) is 0 Å². The van der Waals surface area contributed by atoms with Crippen LogP contribution >= 0.6 is 43.6 Å². The van der Waals surface area contributed by atoms with Crippen molar-refractivity contribution in [2.45, 2.75) is 0 Å². The second-order valence-corrected chi connectivity index (χ2v) is 13.1. The average Bonchev–Trinajstić information content (AvgIpc) is 3.35. The molecule has 4 heterocycles. The van der Waals surface area contributed by atoms with E-state index in [1.807, 2.05) is 0 Å². The second-order valence-electron chi connectivity index (χ2n) is 5.01. The third kappa shape index (κ3) is 2.81. The van der Waals surface area contributed by atoms with Gasteiger partial charge in [0.25, 0.3) is 0 Å². The Morgan fingerprint density at radius 1 is 0.318 bits per heavy atom. The zero-order valence-electron chi connectivity index (χ0n) is 12.0. The maximum Gasteiger partial charge on any atom is 0.0328 e. The third-order valence-electron chi connectivity index (χ3n) is 3.60. The highest BCUT2D eigenvalue weighted by molar-refractivity contribution is 8.48. The molecule has 0 aromatic carbocycles. The van der Waals surface area contributed by atoms with Gasteiger partial charge in [-0.15, -0.1) is 0 Å². The molecule has 0 nitrogen and oxygen atoms in total. The van der Waals surface area contributed by atoms with E-state index in [1.165, 1.54) is 0 Å². The summed E-state index contributed by atoms with van der Waals surface area (Å²) < 4.78 is 3.45. The number of rotatable bonds is 4. The van der Waals surface area contributed by atoms with E-state index in [1.54, 1.807) is 8.47 Å². The molecule has 0 aromatic rings. The number of thiol groups is 4. The number of allylic oxidation sites excluding steroid dienone is 8. The van der Waals surface area contributed by atoms with Crippen LogP contribution in [0.15, 0.2) is 100 Å². The van der Waals surface area contributed by atoms with Crippen LogP contribution in [0.1, 0.15) is 0 Å². The minimum Gasteiger partial charge on any atom is -0.180 e. The summed E-state index contributed by atoms with van der Waals surface area (Å²) in [5.74, 6) is 0. The molecule has 22 heavy (non-hydrogen) atoms. The summed E-state index contributed by atoms with van der Waals surface area (Å²) >= 11 is 0. The number of hydrogen-bond acceptors (Lipinski definition) is 0. The Balaban J connectivity index is 1.86. The highest BCUT2D eigenvalue weighted by Crippen LogP contribution is 2.68. The molecule has 0 atom stereocenters. The Kier molecular flexibility index (Phi) is 4.44. The Labute approximate surface area is 143 Å². The zero-order chi connectivity index (χ0) is 14.8. The first-order valence-electron chi connectivity index (χ1n) is 7.21. The van der Waals surface area contributed by atoms with Crippen molar-refractivity contribution >= 4 is 43.6 Å². The van der Waals surface area contributed by atoms with Gasteiger partial charge in [-0.25, -0.2) is 0 Å². The third-order valence-corrected chi connectivity index (χ3v) is 13.9. The van der Waals surface area contributed by atoms with Gasteiger partial charge < -0.3 is 0 Å². The minimum absolute atomic E-state index is 0.249. The highest BCUT2D eigenvalue weighted by atomic mass is 32.3. The van der Waals surface area contributed by atoms with Gasteiger partial charge in [0.1, 0.15) is 0 Å². The smallest absolute Gasteiger partial charge is 0.0328 e. The zero-order valence-corrected chi connectivity index (χ0v) is 15.6. The van der Waals surface area contributed by atoms with Crippen LogP contribution in [0.5, 0.6) is 0 Å². The van der Waals surface area contributed by atoms with Crippen molar-refractivity contribution in [1.82, 2.24) is 0 Å². The van der Waals surface area contributed by atoms with Gasteiger partial charge in [0.2, 0.25) is 0 Å². The van der Waals surface area contributed by atoms with Crippen LogP contribution in [0, 0.1) is 0 Å². The van der Waals surface area contributed by atoms with Crippen LogP contribution in [0.4, 0.5) is 0 Å². The molecule has 0 aromatic heterocycles. The van der Waals surface area contributed by atoms with Crippen LogP contribution in [-0.4, -0.2) is 0 Å². The summed E-state index contributed by atoms with van der Waals surface area (Å²) in [6, 6.07) is 0. The predicted molar refractivity (Wildman–Crippen MR) is 116 cm³/mol. The molecule has 0 saturated heterocycles. The van der Waals surface area contributed by atoms with Gasteiger partial charge in [-0.1, -0.05) is 48.6 Å². The maximum absolute atomic E-state index is 2.42. The molecule has 4 aliphatic rings. The fourth-order valence-electron chi connectivity index (χ4n) is 2.63. The van der Waals surface area contributed by atoms with Gasteiger partial charge >= 0.3 is 0 Å². The van der Waals surface area contributed by atoms with E-state index in [-0.39, 0.29) is 43.6 Å². The summed E-state index contributed by atoms with van der Waals surface area (Å²) in [7, 11) is -0.998. The molecule has 0 spiro atoms. The molecular formula is C18H20S4. The summed E-state index contributed by atoms with van der Waals surface area (Å²) in [6.07, 6.45) is 17.8. The van der Waals surface area contributed by atoms with Crippen molar-refractivity contribution in [1.29, 1.82) is 0 Å². The van der Waals surface area contributed by atoms with Crippen molar-refractivity contribution in [2.75, 3.05) is 0 Å². The average molecular weight is 365 g/mol. The normalized spacial score (nSPS) is 26.4. The maximum atomic E-state index is 2.42. The lowest BCUT2D eigenvalue weighted by atomic mass is 10.6. The molecule has 0 aliphatic carbocycles. The van der Waals surface area contributed by atoms with E-state index < -0.39 is 0 Å². The van der Waals surface area contributed by atoms with Gasteiger partial charge in [0, 0.05) is 8.47 Å². The van der Waals surface area contributed by atoms with Crippen molar-refractivity contribution in [3.63, 3.8) is 0 Å². The summed E-state index contributed by atoms with van der Waals surface area (Å²) in [5.41, 5.74) is 0. The van der Waals surface area contributed by atoms with Gasteiger partial charge in [0.05, 0.1) is 0 Å². The molecule has 0 N–H and O–H groups in total. The first-order chi connectivity index (χ1) is 10.9. The lowest BCUT2D eigenvalue weighted by Crippen LogP contribution is -1.90. The first kappa shape index (κ1) is 14.6. The van der Waals surface area contributed by atoms with E-state index in [9.17, 15) is 0 Å². The second kappa shape index (κ2) is 6.67. The Bertz CT molecular complexity index is 558. The quantitative estimate of drug-likeness (QED) is 0.414. The van der Waals surface area contributed by atoms with Crippen LogP contribution in [0.25, 0.3) is 0 Å². The molecule has 4 rings (SSSR count). The molecule has 4 aliphatic heterocycles. The Hall–Kier alpha value is -0.940. The van der Waals surface area contributed by atoms with E-state index in [2.05, 4.69) is 91.9 Å². The minimum atomic E-state index is -0.249. The molecule has 0 radical (unpaired) electrons. The summed E-state index contributed by atoms with van der Waals surface area (Å²) in [4.78, 5) is 0. The molecule has 0 amide bonds. The van der Waals surface area contributed by atoms with Crippen LogP contribution in [0.2, 0.25) is 0 Å². The molecule has 116 valence electrons. The van der Waals surface area contributed by atoms with Gasteiger partial charge in [0.15, 0.2) is 0 Å². The topological polar surface area (TPSA) is 0 Å². The molecule has 4 heteroatoms. The fraction of sp³-hybridized carbons (Fsp3) is 0. The molecule has 0 saturated carbocycles. The lowest BCUT2D eigenvalue weighted by molar-refractivity contribution is 2.15. The molecule has 0 bridgehead atoms. The van der Waals surface area contributed by atoms with Gasteiger partial charge in [-0.3, -0.25) is 0 Å². The fourth-order valence-corrected chi connectivity index (χ4v) is 13.9. The van der Waals surface area contributed by atoms with E-state index >= 15 is 0 Å². The SMILES string of the molecule is C1=C[SH](C(=C([SH]2C=CC=C2)[SH]2C=CC=C2)[SH]2C=CC=C2)C=C1. The molecular weight excluding hydrogens is 344 g/mol. The standard InChI is InChI=1S/C18H20S4/c1-2-10-19(9-1)17(20-11-3-4-12-20)18(21-13-5-6-14-21)22-15-7-8-16-22/h1-16,19-22H. The number of hydrogen-bond donors (Lipinski definition) is 4. The van der Waals surface area contributed by atoms with Crippen molar-refractivity contribution < 1.29 is 0 Å². The largest absolute Gasteiger partial charge is 0.180 e. The van der Waals surface area contributed by atoms with E-state index in [4.69, 9.17) is 0 Å². The van der Waals surface area contributed by atoms with Crippen molar-refractivity contribution in [3.8, 4) is 0 Å². The monoisotopic (exact) mass is 364 g/mol. The summed E-state index contributed by atoms with van der Waals surface area (Å²) in [6.45, 7) is 0. The highest BCUT2D eigenvalue weighted by Gasteiger charge is 2.24. The molecule has 0 unspecified atom stereocenters. The van der Waals surface area contributed by atoms with Crippen molar-refractivity contribution in [2.24, 2.45) is 0 Å². The van der Waals surface area contributed by atoms with E-state index in [0.717, 1.165) is 0 Å². The lowest BCUT2D eigenvalue weighted by Gasteiger charge is -2.33. The van der Waals surface area contributed by atoms with Gasteiger partial charge in [-0.2, -0.15) is 43.6 Å². The van der Waals surface area contributed by atoms with Gasteiger partial charge in [-0.05, 0) is 43.3 Å². The van der Waals surface area contributed by atoms with E-state index in [0.29, 0.717) is 0 Å².